The number of β-lactam (4-membered cyclic amide) rings is 1. The van der Waals surface area contributed by atoms with Gasteiger partial charge in [-0.25, -0.2) is 9.59 Å². The Morgan fingerprint density at radius 3 is 2.04 bits per heavy atom. The number of hydrogen-bond acceptors (Lipinski definition) is 14. The number of non-ortho nitro benzene ring substituents is 2. The van der Waals surface area contributed by atoms with Gasteiger partial charge in [0.2, 0.25) is 5.91 Å². The molecule has 3 aliphatic rings. The molecule has 2 aromatic carbocycles. The largest absolute Gasteiger partial charge is 0.456 e. The fraction of sp³-hybridized carbons (Fsp3) is 0.452. The summed E-state index contributed by atoms with van der Waals surface area (Å²) in [5, 5.41) is 31.9. The van der Waals surface area contributed by atoms with Gasteiger partial charge < -0.3 is 24.4 Å². The van der Waals surface area contributed by atoms with Crippen molar-refractivity contribution in [3.8, 4) is 0 Å². The predicted molar refractivity (Wildman–Crippen MR) is 175 cm³/mol. The lowest BCUT2D eigenvalue weighted by atomic mass is 9.79. The summed E-state index contributed by atoms with van der Waals surface area (Å²) in [7, 11) is -3.87. The number of nitro groups is 2. The quantitative estimate of drug-likeness (QED) is 0.103. The number of ether oxygens (including phenoxy) is 2. The van der Waals surface area contributed by atoms with Gasteiger partial charge in [-0.3, -0.25) is 29.2 Å². The third kappa shape index (κ3) is 7.90. The highest BCUT2D eigenvalue weighted by Gasteiger charge is 2.60. The normalized spacial score (nSPS) is 23.7. The second-order valence-electron chi connectivity index (χ2n) is 12.2. The average molecular weight is 735 g/mol. The molecule has 2 aromatic rings. The summed E-state index contributed by atoms with van der Waals surface area (Å²) >= 11 is 1.24. The van der Waals surface area contributed by atoms with Gasteiger partial charge in [0.25, 0.3) is 21.5 Å². The van der Waals surface area contributed by atoms with Crippen LogP contribution in [0.1, 0.15) is 31.4 Å². The third-order valence-electron chi connectivity index (χ3n) is 8.71. The Labute approximate surface area is 290 Å². The van der Waals surface area contributed by atoms with Crippen molar-refractivity contribution in [2.24, 2.45) is 11.8 Å². The molecule has 0 spiro atoms. The molecule has 2 fully saturated rings. The van der Waals surface area contributed by atoms with Crippen LogP contribution in [-0.2, 0) is 46.6 Å². The smallest absolute Gasteiger partial charge is 0.410 e. The van der Waals surface area contributed by atoms with Crippen molar-refractivity contribution in [2.45, 2.75) is 56.9 Å². The molecule has 0 bridgehead atoms. The van der Waals surface area contributed by atoms with E-state index in [-0.39, 0.29) is 49.9 Å². The maximum atomic E-state index is 13.6. The van der Waals surface area contributed by atoms with E-state index in [2.05, 4.69) is 0 Å². The molecule has 6 atom stereocenters. The van der Waals surface area contributed by atoms with E-state index < -0.39 is 73.2 Å². The second kappa shape index (κ2) is 14.7. The molecule has 19 heteroatoms. The zero-order valence-corrected chi connectivity index (χ0v) is 28.7. The molecule has 17 nitrogen and oxygen atoms in total. The SMILES string of the molecule is C[C@@H](O)[C@H]1C(=O)N2C(C(=O)OCc3ccc([N+](=O)[O-])cc3)=C(S[C@H]3C[C@@H](COS(C)(=O)=O)N(C(=O)OCc4ccc([N+](=O)[O-])cc4)C3)[C@H](C)[C@H]12. The van der Waals surface area contributed by atoms with Gasteiger partial charge in [0.15, 0.2) is 0 Å². The number of aliphatic hydroxyl groups excluding tert-OH is 1. The number of thioether (sulfide) groups is 1. The van der Waals surface area contributed by atoms with Gasteiger partial charge in [0.05, 0.1) is 46.8 Å². The van der Waals surface area contributed by atoms with Gasteiger partial charge >= 0.3 is 12.1 Å². The molecule has 0 aliphatic carbocycles. The number of amides is 2. The summed E-state index contributed by atoms with van der Waals surface area (Å²) in [6, 6.07) is 9.60. The Hall–Kier alpha value is -4.59. The van der Waals surface area contributed by atoms with Crippen LogP contribution >= 0.6 is 11.8 Å². The fourth-order valence-corrected chi connectivity index (χ4v) is 8.23. The number of carbonyl (C=O) groups is 3. The van der Waals surface area contributed by atoms with Gasteiger partial charge in [-0.05, 0) is 48.7 Å². The number of benzene rings is 2. The van der Waals surface area contributed by atoms with Gasteiger partial charge in [-0.1, -0.05) is 6.92 Å². The van der Waals surface area contributed by atoms with Crippen molar-refractivity contribution in [3.63, 3.8) is 0 Å². The molecule has 268 valence electrons. The molecular formula is C31H34N4O13S2. The van der Waals surface area contributed by atoms with E-state index >= 15 is 0 Å². The first kappa shape index (κ1) is 36.7. The van der Waals surface area contributed by atoms with Gasteiger partial charge in [-0.15, -0.1) is 11.8 Å². The topological polar surface area (TPSA) is 226 Å². The maximum Gasteiger partial charge on any atom is 0.410 e. The molecule has 3 heterocycles. The molecule has 0 radical (unpaired) electrons. The minimum absolute atomic E-state index is 0.000514. The first-order valence-electron chi connectivity index (χ1n) is 15.4. The van der Waals surface area contributed by atoms with E-state index in [1.165, 1.54) is 77.0 Å². The Balaban J connectivity index is 1.35. The summed E-state index contributed by atoms with van der Waals surface area (Å²) in [4.78, 5) is 64.0. The van der Waals surface area contributed by atoms with Crippen LogP contribution < -0.4 is 0 Å². The molecule has 2 amide bonds. The van der Waals surface area contributed by atoms with Crippen molar-refractivity contribution in [1.82, 2.24) is 9.80 Å². The van der Waals surface area contributed by atoms with Crippen LogP contribution in [0.3, 0.4) is 0 Å². The van der Waals surface area contributed by atoms with Crippen molar-refractivity contribution < 1.29 is 51.4 Å². The van der Waals surface area contributed by atoms with Crippen LogP contribution in [0.25, 0.3) is 0 Å². The Bertz CT molecular complexity index is 1820. The third-order valence-corrected chi connectivity index (χ3v) is 10.8. The lowest BCUT2D eigenvalue weighted by Gasteiger charge is -2.46. The first-order valence-corrected chi connectivity index (χ1v) is 18.1. The minimum Gasteiger partial charge on any atom is -0.456 e. The summed E-state index contributed by atoms with van der Waals surface area (Å²) in [5.74, 6) is -2.43. The maximum absolute atomic E-state index is 13.6. The number of fused-ring (bicyclic) bond motifs is 1. The number of hydrogen-bond donors (Lipinski definition) is 1. The van der Waals surface area contributed by atoms with Gasteiger partial charge in [0, 0.05) is 46.9 Å². The summed E-state index contributed by atoms with van der Waals surface area (Å²) in [6.45, 7) is 2.56. The molecule has 0 saturated carbocycles. The Morgan fingerprint density at radius 1 is 1.00 bits per heavy atom. The highest BCUT2D eigenvalue weighted by molar-refractivity contribution is 8.03. The second-order valence-corrected chi connectivity index (χ2v) is 15.2. The van der Waals surface area contributed by atoms with Gasteiger partial charge in [0.1, 0.15) is 18.9 Å². The standard InChI is InChI=1S/C31H34N4O13S2/c1-17-26-25(18(2)36)29(37)33(26)27(30(38)46-14-19-4-8-21(9-5-19)34(40)41)28(17)49-24-12-23(16-48-50(3,44)45)32(13-24)31(39)47-15-20-6-10-22(11-7-20)35(42)43/h4-11,17-18,23-26,36H,12-16H2,1-3H3/t17-,18-,23+,24+,25-,26-/m1/s1. The van der Waals surface area contributed by atoms with Crippen molar-refractivity contribution >= 4 is 51.2 Å². The monoisotopic (exact) mass is 734 g/mol. The molecular weight excluding hydrogens is 700 g/mol. The molecule has 0 unspecified atom stereocenters. The minimum atomic E-state index is -3.87. The highest BCUT2D eigenvalue weighted by atomic mass is 32.2. The molecule has 2 saturated heterocycles. The molecule has 3 aliphatic heterocycles. The van der Waals surface area contributed by atoms with Crippen LogP contribution in [-0.4, -0.2) is 94.0 Å². The summed E-state index contributed by atoms with van der Waals surface area (Å²) < 4.78 is 39.7. The van der Waals surface area contributed by atoms with Crippen molar-refractivity contribution in [1.29, 1.82) is 0 Å². The lowest BCUT2D eigenvalue weighted by Crippen LogP contribution is -2.63. The molecule has 5 rings (SSSR count). The number of nitro benzene ring substituents is 2. The Morgan fingerprint density at radius 2 is 1.54 bits per heavy atom. The number of likely N-dealkylation sites (tertiary alicyclic amines) is 1. The van der Waals surface area contributed by atoms with E-state index in [1.807, 2.05) is 6.92 Å². The number of nitrogens with zero attached hydrogens (tertiary/aromatic N) is 4. The van der Waals surface area contributed by atoms with Crippen molar-refractivity contribution in [2.75, 3.05) is 19.4 Å². The van der Waals surface area contributed by atoms with E-state index in [0.29, 0.717) is 16.0 Å². The lowest BCUT2D eigenvalue weighted by molar-refractivity contribution is -0.385. The van der Waals surface area contributed by atoms with Gasteiger partial charge in [-0.2, -0.15) is 8.42 Å². The van der Waals surface area contributed by atoms with E-state index in [0.717, 1.165) is 6.26 Å². The van der Waals surface area contributed by atoms with Crippen molar-refractivity contribution in [3.05, 3.63) is 90.5 Å². The highest BCUT2D eigenvalue weighted by Crippen LogP contribution is 2.52. The van der Waals surface area contributed by atoms with E-state index in [1.54, 1.807) is 0 Å². The van der Waals surface area contributed by atoms with Crippen LogP contribution in [0.2, 0.25) is 0 Å². The first-order chi connectivity index (χ1) is 23.6. The number of rotatable bonds is 13. The molecule has 1 N–H and O–H groups in total. The zero-order chi connectivity index (χ0) is 36.5. The predicted octanol–water partition coefficient (Wildman–Crippen LogP) is 3.10. The van der Waals surface area contributed by atoms with Crippen LogP contribution in [0, 0.1) is 32.1 Å². The summed E-state index contributed by atoms with van der Waals surface area (Å²) in [6.07, 6.45) is -0.659. The molecule has 0 aromatic heterocycles. The van der Waals surface area contributed by atoms with E-state index in [9.17, 15) is 48.1 Å². The van der Waals surface area contributed by atoms with E-state index in [4.69, 9.17) is 13.7 Å². The molecule has 50 heavy (non-hydrogen) atoms. The van der Waals surface area contributed by atoms with Crippen LogP contribution in [0.5, 0.6) is 0 Å². The van der Waals surface area contributed by atoms with Crippen LogP contribution in [0.15, 0.2) is 59.1 Å². The zero-order valence-electron chi connectivity index (χ0n) is 27.1. The number of aliphatic hydroxyl groups is 1. The number of carbonyl (C=O) groups excluding carboxylic acids is 3. The van der Waals surface area contributed by atoms with Crippen LogP contribution in [0.4, 0.5) is 16.2 Å². The average Bonchev–Trinajstić information content (AvgIpc) is 3.57. The summed E-state index contributed by atoms with van der Waals surface area (Å²) in [5.41, 5.74) is 0.700. The number of esters is 1. The fourth-order valence-electron chi connectivity index (χ4n) is 6.26. The Kier molecular flexibility index (Phi) is 10.8.